The number of amides is 3. The van der Waals surface area contributed by atoms with Crippen LogP contribution in [0.1, 0.15) is 32.3 Å². The Bertz CT molecular complexity index is 879. The summed E-state index contributed by atoms with van der Waals surface area (Å²) in [4.78, 5) is 26.2. The lowest BCUT2D eigenvalue weighted by Crippen LogP contribution is -2.36. The van der Waals surface area contributed by atoms with E-state index in [1.54, 1.807) is 23.1 Å². The van der Waals surface area contributed by atoms with Gasteiger partial charge in [-0.1, -0.05) is 19.9 Å². The zero-order valence-corrected chi connectivity index (χ0v) is 15.9. The molecule has 3 amide bonds. The molecular weight excluding hydrogens is 364 g/mol. The fraction of sp³-hybridized carbons (Fsp3) is 0.333. The maximum atomic E-state index is 13.7. The summed E-state index contributed by atoms with van der Waals surface area (Å²) >= 11 is 0. The van der Waals surface area contributed by atoms with Gasteiger partial charge >= 0.3 is 6.03 Å². The van der Waals surface area contributed by atoms with E-state index in [4.69, 9.17) is 0 Å². The Morgan fingerprint density at radius 3 is 2.50 bits per heavy atom. The van der Waals surface area contributed by atoms with E-state index in [-0.39, 0.29) is 5.91 Å². The average Bonchev–Trinajstić information content (AvgIpc) is 2.64. The lowest BCUT2D eigenvalue weighted by molar-refractivity contribution is -0.118. The Labute approximate surface area is 162 Å². The van der Waals surface area contributed by atoms with Crippen LogP contribution in [0, 0.1) is 17.6 Å². The predicted octanol–water partition coefficient (Wildman–Crippen LogP) is 4.93. The van der Waals surface area contributed by atoms with Gasteiger partial charge in [0.05, 0.1) is 0 Å². The molecule has 0 radical (unpaired) electrons. The summed E-state index contributed by atoms with van der Waals surface area (Å²) in [5.74, 6) is -1.11. The van der Waals surface area contributed by atoms with E-state index in [0.29, 0.717) is 31.0 Å². The SMILES string of the molecule is CC(C)CCN1C(=O)CCc2cc(NC(=O)Nc3c(F)cccc3F)ccc21. The minimum atomic E-state index is -0.847. The van der Waals surface area contributed by atoms with Gasteiger partial charge in [-0.25, -0.2) is 13.6 Å². The second-order valence-electron chi connectivity index (χ2n) is 7.25. The summed E-state index contributed by atoms with van der Waals surface area (Å²) in [6.07, 6.45) is 1.91. The number of hydrogen-bond acceptors (Lipinski definition) is 2. The monoisotopic (exact) mass is 387 g/mol. The number of carbonyl (C=O) groups excluding carboxylic acids is 2. The molecule has 0 spiro atoms. The summed E-state index contributed by atoms with van der Waals surface area (Å²) in [5, 5.41) is 4.78. The van der Waals surface area contributed by atoms with Crippen LogP contribution in [0.15, 0.2) is 36.4 Å². The van der Waals surface area contributed by atoms with Crippen LogP contribution >= 0.6 is 0 Å². The third-order valence-corrected chi connectivity index (χ3v) is 4.67. The molecule has 1 aliphatic rings. The van der Waals surface area contributed by atoms with E-state index in [9.17, 15) is 18.4 Å². The van der Waals surface area contributed by atoms with Gasteiger partial charge < -0.3 is 15.5 Å². The second-order valence-corrected chi connectivity index (χ2v) is 7.25. The quantitative estimate of drug-likeness (QED) is 0.764. The molecule has 0 saturated carbocycles. The van der Waals surface area contributed by atoms with Crippen LogP contribution in [-0.4, -0.2) is 18.5 Å². The van der Waals surface area contributed by atoms with Crippen molar-refractivity contribution in [2.75, 3.05) is 22.1 Å². The van der Waals surface area contributed by atoms with Crippen molar-refractivity contribution < 1.29 is 18.4 Å². The molecule has 1 heterocycles. The van der Waals surface area contributed by atoms with E-state index in [0.717, 1.165) is 29.8 Å². The third kappa shape index (κ3) is 4.47. The number of benzene rings is 2. The highest BCUT2D eigenvalue weighted by atomic mass is 19.1. The highest BCUT2D eigenvalue weighted by Crippen LogP contribution is 2.31. The van der Waals surface area contributed by atoms with E-state index < -0.39 is 23.4 Å². The Morgan fingerprint density at radius 1 is 1.11 bits per heavy atom. The van der Waals surface area contributed by atoms with Crippen molar-refractivity contribution in [1.82, 2.24) is 0 Å². The number of carbonyl (C=O) groups is 2. The van der Waals surface area contributed by atoms with Crippen LogP contribution in [0.2, 0.25) is 0 Å². The third-order valence-electron chi connectivity index (χ3n) is 4.67. The van der Waals surface area contributed by atoms with Gasteiger partial charge in [0, 0.05) is 24.3 Å². The van der Waals surface area contributed by atoms with Crippen molar-refractivity contribution in [3.05, 3.63) is 53.6 Å². The summed E-state index contributed by atoms with van der Waals surface area (Å²) in [7, 11) is 0. The number of nitrogens with zero attached hydrogens (tertiary/aromatic N) is 1. The van der Waals surface area contributed by atoms with Crippen molar-refractivity contribution in [2.24, 2.45) is 5.92 Å². The lowest BCUT2D eigenvalue weighted by Gasteiger charge is -2.30. The van der Waals surface area contributed by atoms with Gasteiger partial charge in [-0.15, -0.1) is 0 Å². The van der Waals surface area contributed by atoms with Crippen LogP contribution in [0.3, 0.4) is 0 Å². The molecular formula is C21H23F2N3O2. The zero-order chi connectivity index (χ0) is 20.3. The van der Waals surface area contributed by atoms with Crippen LogP contribution in [0.25, 0.3) is 0 Å². The Hall–Kier alpha value is -2.96. The number of anilines is 3. The van der Waals surface area contributed by atoms with E-state index in [1.807, 2.05) is 0 Å². The first-order valence-electron chi connectivity index (χ1n) is 9.30. The number of nitrogens with one attached hydrogen (secondary N) is 2. The molecule has 0 atom stereocenters. The number of urea groups is 1. The second kappa shape index (κ2) is 8.37. The predicted molar refractivity (Wildman–Crippen MR) is 106 cm³/mol. The highest BCUT2D eigenvalue weighted by Gasteiger charge is 2.24. The number of aryl methyl sites for hydroxylation is 1. The first-order valence-corrected chi connectivity index (χ1v) is 9.30. The fourth-order valence-corrected chi connectivity index (χ4v) is 3.16. The molecule has 7 heteroatoms. The van der Waals surface area contributed by atoms with Gasteiger partial charge in [-0.05, 0) is 54.7 Å². The molecule has 3 rings (SSSR count). The molecule has 2 aromatic carbocycles. The lowest BCUT2D eigenvalue weighted by atomic mass is 9.99. The molecule has 2 N–H and O–H groups in total. The molecule has 0 saturated heterocycles. The number of fused-ring (bicyclic) bond motifs is 1. The highest BCUT2D eigenvalue weighted by molar-refractivity contribution is 6.01. The smallest absolute Gasteiger partial charge is 0.312 e. The summed E-state index contributed by atoms with van der Waals surface area (Å²) in [5.41, 5.74) is 1.80. The zero-order valence-electron chi connectivity index (χ0n) is 15.9. The van der Waals surface area contributed by atoms with Gasteiger partial charge in [-0.3, -0.25) is 4.79 Å². The van der Waals surface area contributed by atoms with Gasteiger partial charge in [0.1, 0.15) is 17.3 Å². The molecule has 0 aromatic heterocycles. The molecule has 0 unspecified atom stereocenters. The number of rotatable bonds is 5. The largest absolute Gasteiger partial charge is 0.323 e. The van der Waals surface area contributed by atoms with Crippen molar-refractivity contribution in [2.45, 2.75) is 33.1 Å². The molecule has 0 fully saturated rings. The Balaban J connectivity index is 1.73. The maximum absolute atomic E-state index is 13.7. The van der Waals surface area contributed by atoms with Crippen molar-refractivity contribution in [1.29, 1.82) is 0 Å². The first-order chi connectivity index (χ1) is 13.3. The van der Waals surface area contributed by atoms with Gasteiger partial charge in [-0.2, -0.15) is 0 Å². The van der Waals surface area contributed by atoms with Gasteiger partial charge in [0.25, 0.3) is 0 Å². The fourth-order valence-electron chi connectivity index (χ4n) is 3.16. The number of para-hydroxylation sites is 1. The van der Waals surface area contributed by atoms with Crippen LogP contribution < -0.4 is 15.5 Å². The summed E-state index contributed by atoms with van der Waals surface area (Å²) in [6, 6.07) is 7.89. The molecule has 1 aliphatic heterocycles. The van der Waals surface area contributed by atoms with E-state index >= 15 is 0 Å². The Morgan fingerprint density at radius 2 is 1.82 bits per heavy atom. The van der Waals surface area contributed by atoms with Crippen molar-refractivity contribution >= 4 is 29.0 Å². The number of hydrogen-bond donors (Lipinski definition) is 2. The molecule has 5 nitrogen and oxygen atoms in total. The topological polar surface area (TPSA) is 61.4 Å². The molecule has 0 bridgehead atoms. The standard InChI is InChI=1S/C21H23F2N3O2/c1-13(2)10-11-26-18-8-7-15(12-14(18)6-9-19(26)27)24-21(28)25-20-16(22)4-3-5-17(20)23/h3-5,7-8,12-13H,6,9-11H2,1-2H3,(H2,24,25,28). The number of halogens is 2. The molecule has 2 aromatic rings. The average molecular weight is 387 g/mol. The minimum absolute atomic E-state index is 0.0987. The van der Waals surface area contributed by atoms with Crippen LogP contribution in [0.4, 0.5) is 30.6 Å². The van der Waals surface area contributed by atoms with Gasteiger partial charge in [0.15, 0.2) is 0 Å². The summed E-state index contributed by atoms with van der Waals surface area (Å²) in [6.45, 7) is 4.88. The molecule has 148 valence electrons. The maximum Gasteiger partial charge on any atom is 0.323 e. The van der Waals surface area contributed by atoms with Crippen LogP contribution in [-0.2, 0) is 11.2 Å². The summed E-state index contributed by atoms with van der Waals surface area (Å²) < 4.78 is 27.3. The van der Waals surface area contributed by atoms with Crippen LogP contribution in [0.5, 0.6) is 0 Å². The van der Waals surface area contributed by atoms with Crippen molar-refractivity contribution in [3.63, 3.8) is 0 Å². The normalized spacial score (nSPS) is 13.5. The minimum Gasteiger partial charge on any atom is -0.312 e. The van der Waals surface area contributed by atoms with E-state index in [1.165, 1.54) is 6.07 Å². The Kier molecular flexibility index (Phi) is 5.92. The first kappa shape index (κ1) is 19.8. The molecule has 28 heavy (non-hydrogen) atoms. The molecule has 0 aliphatic carbocycles. The van der Waals surface area contributed by atoms with Crippen molar-refractivity contribution in [3.8, 4) is 0 Å². The van der Waals surface area contributed by atoms with E-state index in [2.05, 4.69) is 24.5 Å². The van der Waals surface area contributed by atoms with Gasteiger partial charge in [0.2, 0.25) is 5.91 Å².